The van der Waals surface area contributed by atoms with Crippen LogP contribution in [-0.2, 0) is 10.9 Å². The van der Waals surface area contributed by atoms with Crippen LogP contribution in [0.4, 0.5) is 24.7 Å². The molecule has 1 aromatic heterocycles. The normalized spacial score (nSPS) is 17.4. The minimum Gasteiger partial charge on any atom is -0.488 e. The quantitative estimate of drug-likeness (QED) is 0.453. The van der Waals surface area contributed by atoms with E-state index in [1.54, 1.807) is 25.1 Å². The van der Waals surface area contributed by atoms with Crippen molar-refractivity contribution in [1.29, 1.82) is 0 Å². The number of anilines is 1. The van der Waals surface area contributed by atoms with Crippen LogP contribution in [0.5, 0.6) is 5.75 Å². The number of nitro benzene ring substituents is 1. The summed E-state index contributed by atoms with van der Waals surface area (Å²) in [5, 5.41) is 20.3. The number of nitro groups is 1. The first-order chi connectivity index (χ1) is 15.1. The minimum atomic E-state index is -4.73. The molecule has 8 nitrogen and oxygen atoms in total. The molecule has 0 spiro atoms. The van der Waals surface area contributed by atoms with Crippen LogP contribution in [0.1, 0.15) is 36.1 Å². The molecule has 2 heterocycles. The molecule has 0 saturated carbocycles. The third-order valence-electron chi connectivity index (χ3n) is 5.39. The van der Waals surface area contributed by atoms with Crippen LogP contribution in [0.15, 0.2) is 36.4 Å². The van der Waals surface area contributed by atoms with E-state index in [1.807, 2.05) is 0 Å². The van der Waals surface area contributed by atoms with Gasteiger partial charge in [-0.05, 0) is 29.8 Å². The fourth-order valence-corrected chi connectivity index (χ4v) is 3.68. The second kappa shape index (κ2) is 8.23. The van der Waals surface area contributed by atoms with E-state index in [0.29, 0.717) is 41.5 Å². The highest BCUT2D eigenvalue weighted by Crippen LogP contribution is 2.38. The van der Waals surface area contributed by atoms with Gasteiger partial charge in [-0.15, -0.1) is 5.10 Å². The number of fused-ring (bicyclic) bond motifs is 1. The molecular weight excluding hydrogens is 429 g/mol. The number of rotatable bonds is 5. The molecule has 0 radical (unpaired) electrons. The molecule has 1 fully saturated rings. The van der Waals surface area contributed by atoms with Crippen molar-refractivity contribution in [3.05, 3.63) is 63.3 Å². The molecular formula is C21H19F3N4O4. The number of benzene rings is 2. The van der Waals surface area contributed by atoms with E-state index < -0.39 is 28.3 Å². The Morgan fingerprint density at radius 1 is 1.22 bits per heavy atom. The van der Waals surface area contributed by atoms with Crippen molar-refractivity contribution < 1.29 is 27.6 Å². The second-order valence-corrected chi connectivity index (χ2v) is 7.57. The van der Waals surface area contributed by atoms with E-state index in [-0.39, 0.29) is 17.5 Å². The molecule has 4 rings (SSSR count). The van der Waals surface area contributed by atoms with Crippen LogP contribution >= 0.6 is 0 Å². The molecule has 2 atom stereocenters. The van der Waals surface area contributed by atoms with Crippen LogP contribution < -0.4 is 10.5 Å². The Hall–Kier alpha value is -3.47. The smallest absolute Gasteiger partial charge is 0.416 e. The summed E-state index contributed by atoms with van der Waals surface area (Å²) in [7, 11) is 0. The molecule has 11 heteroatoms. The maximum absolute atomic E-state index is 13.3. The maximum Gasteiger partial charge on any atom is 0.416 e. The molecule has 0 unspecified atom stereocenters. The largest absolute Gasteiger partial charge is 0.488 e. The fourth-order valence-electron chi connectivity index (χ4n) is 3.68. The topological polar surface area (TPSA) is 113 Å². The van der Waals surface area contributed by atoms with Gasteiger partial charge < -0.3 is 15.2 Å². The first-order valence-electron chi connectivity index (χ1n) is 9.80. The van der Waals surface area contributed by atoms with E-state index in [4.69, 9.17) is 15.2 Å². The number of nitrogens with zero attached hydrogens (tertiary/aromatic N) is 3. The fraction of sp³-hybridized carbons (Fsp3) is 0.333. The molecule has 0 amide bonds. The Bertz CT molecular complexity index is 1180. The first kappa shape index (κ1) is 21.8. The van der Waals surface area contributed by atoms with Crippen LogP contribution in [-0.4, -0.2) is 34.4 Å². The SMILES string of the molecule is C[C@H](c1cc([N+](=O)[O-])cc(C(F)(F)F)c1)c1nnc(N)c2cc(O[C@@H]3CCOC3)ccc12. The summed E-state index contributed by atoms with van der Waals surface area (Å²) < 4.78 is 51.1. The summed E-state index contributed by atoms with van der Waals surface area (Å²) in [4.78, 5) is 10.3. The molecule has 32 heavy (non-hydrogen) atoms. The Morgan fingerprint density at radius 2 is 2.00 bits per heavy atom. The van der Waals surface area contributed by atoms with Crippen molar-refractivity contribution in [3.8, 4) is 5.75 Å². The van der Waals surface area contributed by atoms with Gasteiger partial charge in [-0.3, -0.25) is 10.1 Å². The third-order valence-corrected chi connectivity index (χ3v) is 5.39. The summed E-state index contributed by atoms with van der Waals surface area (Å²) in [6.45, 7) is 2.72. The van der Waals surface area contributed by atoms with Gasteiger partial charge in [0.2, 0.25) is 0 Å². The third kappa shape index (κ3) is 4.28. The highest BCUT2D eigenvalue weighted by molar-refractivity contribution is 5.93. The Balaban J connectivity index is 1.77. The van der Waals surface area contributed by atoms with Gasteiger partial charge in [0.15, 0.2) is 5.82 Å². The van der Waals surface area contributed by atoms with Crippen molar-refractivity contribution >= 4 is 22.3 Å². The second-order valence-electron chi connectivity index (χ2n) is 7.57. The van der Waals surface area contributed by atoms with Gasteiger partial charge >= 0.3 is 6.18 Å². The number of non-ortho nitro benzene ring substituents is 1. The van der Waals surface area contributed by atoms with Gasteiger partial charge in [0.05, 0.1) is 29.4 Å². The van der Waals surface area contributed by atoms with Gasteiger partial charge in [-0.1, -0.05) is 6.92 Å². The number of hydrogen-bond donors (Lipinski definition) is 1. The minimum absolute atomic E-state index is 0.0764. The lowest BCUT2D eigenvalue weighted by Gasteiger charge is -2.17. The summed E-state index contributed by atoms with van der Waals surface area (Å²) in [6.07, 6.45) is -4.04. The average Bonchev–Trinajstić information content (AvgIpc) is 3.26. The van der Waals surface area contributed by atoms with E-state index in [2.05, 4.69) is 10.2 Å². The van der Waals surface area contributed by atoms with Crippen molar-refractivity contribution in [2.45, 2.75) is 31.5 Å². The number of nitrogens with two attached hydrogens (primary N) is 1. The van der Waals surface area contributed by atoms with Crippen molar-refractivity contribution in [1.82, 2.24) is 10.2 Å². The number of halogens is 3. The molecule has 1 aliphatic rings. The molecule has 2 aromatic carbocycles. The van der Waals surface area contributed by atoms with E-state index in [0.717, 1.165) is 18.6 Å². The predicted octanol–water partition coefficient (Wildman–Crippen LogP) is 4.46. The van der Waals surface area contributed by atoms with Crippen LogP contribution in [0.25, 0.3) is 10.8 Å². The highest BCUT2D eigenvalue weighted by Gasteiger charge is 2.33. The Kier molecular flexibility index (Phi) is 5.59. The molecule has 168 valence electrons. The van der Waals surface area contributed by atoms with Gasteiger partial charge in [0, 0.05) is 35.2 Å². The molecule has 0 aliphatic carbocycles. The molecule has 0 bridgehead atoms. The lowest BCUT2D eigenvalue weighted by molar-refractivity contribution is -0.385. The number of nitrogen functional groups attached to an aromatic ring is 1. The van der Waals surface area contributed by atoms with Gasteiger partial charge in [-0.2, -0.15) is 18.3 Å². The lowest BCUT2D eigenvalue weighted by Crippen LogP contribution is -2.15. The molecule has 3 aromatic rings. The van der Waals surface area contributed by atoms with Gasteiger partial charge in [0.25, 0.3) is 5.69 Å². The number of hydrogen-bond acceptors (Lipinski definition) is 7. The summed E-state index contributed by atoms with van der Waals surface area (Å²) in [5.41, 5.74) is 4.68. The van der Waals surface area contributed by atoms with Crippen LogP contribution in [0, 0.1) is 10.1 Å². The lowest BCUT2D eigenvalue weighted by atomic mass is 9.92. The summed E-state index contributed by atoms with van der Waals surface area (Å²) in [6, 6.07) is 7.63. The molecule has 2 N–H and O–H groups in total. The number of alkyl halides is 3. The van der Waals surface area contributed by atoms with Crippen LogP contribution in [0.2, 0.25) is 0 Å². The van der Waals surface area contributed by atoms with Crippen molar-refractivity contribution in [2.75, 3.05) is 18.9 Å². The van der Waals surface area contributed by atoms with Crippen LogP contribution in [0.3, 0.4) is 0 Å². The zero-order chi connectivity index (χ0) is 23.0. The first-order valence-corrected chi connectivity index (χ1v) is 9.80. The Morgan fingerprint density at radius 3 is 2.66 bits per heavy atom. The maximum atomic E-state index is 13.3. The zero-order valence-electron chi connectivity index (χ0n) is 16.9. The van der Waals surface area contributed by atoms with E-state index >= 15 is 0 Å². The van der Waals surface area contributed by atoms with Gasteiger partial charge in [-0.25, -0.2) is 0 Å². The highest BCUT2D eigenvalue weighted by atomic mass is 19.4. The van der Waals surface area contributed by atoms with Gasteiger partial charge in [0.1, 0.15) is 11.9 Å². The number of aromatic nitrogens is 2. The predicted molar refractivity (Wildman–Crippen MR) is 109 cm³/mol. The van der Waals surface area contributed by atoms with E-state index in [9.17, 15) is 23.3 Å². The number of ether oxygens (including phenoxy) is 2. The molecule has 1 saturated heterocycles. The zero-order valence-corrected chi connectivity index (χ0v) is 16.9. The molecule has 1 aliphatic heterocycles. The van der Waals surface area contributed by atoms with Crippen molar-refractivity contribution in [2.24, 2.45) is 0 Å². The van der Waals surface area contributed by atoms with E-state index in [1.165, 1.54) is 0 Å². The summed E-state index contributed by atoms with van der Waals surface area (Å²) >= 11 is 0. The monoisotopic (exact) mass is 448 g/mol. The Labute approximate surface area is 180 Å². The summed E-state index contributed by atoms with van der Waals surface area (Å²) in [5.74, 6) is -0.0262. The van der Waals surface area contributed by atoms with Crippen molar-refractivity contribution in [3.63, 3.8) is 0 Å². The standard InChI is InChI=1S/C21H19F3N4O4/c1-11(12-6-13(21(22,23)24)8-14(7-12)28(29)30)19-17-3-2-15(32-16-4-5-31-10-16)9-18(17)20(25)27-26-19/h2-3,6-9,11,16H,4-5,10H2,1H3,(H2,25,27)/t11-,16-/m1/s1. The average molecular weight is 448 g/mol.